The minimum Gasteiger partial charge on any atom is -0.308 e. The van der Waals surface area contributed by atoms with E-state index >= 15 is 8.78 Å². The van der Waals surface area contributed by atoms with Gasteiger partial charge in [0.2, 0.25) is 0 Å². The lowest BCUT2D eigenvalue weighted by molar-refractivity contribution is 0.584. The lowest BCUT2D eigenvalue weighted by Crippen LogP contribution is -2.06. The molecule has 11 nitrogen and oxygen atoms in total. The smallest absolute Gasteiger partial charge is 0.159 e. The van der Waals surface area contributed by atoms with Crippen molar-refractivity contribution in [3.8, 4) is 74.1 Å². The number of nitrogens with zero attached hydrogens (tertiary/aromatic N) is 11. The zero-order chi connectivity index (χ0) is 44.3. The molecule has 0 aliphatic heterocycles. The molecule has 0 bridgehead atoms. The minimum atomic E-state index is -0.769. The fourth-order valence-electron chi connectivity index (χ4n) is 8.93. The Balaban J connectivity index is 1.26. The molecular weight excluding hydrogens is 829 g/mol. The first kappa shape index (κ1) is 38.3. The van der Waals surface area contributed by atoms with E-state index in [0.29, 0.717) is 45.8 Å². The van der Waals surface area contributed by atoms with Crippen molar-refractivity contribution in [3.63, 3.8) is 0 Å². The van der Waals surface area contributed by atoms with Gasteiger partial charge in [-0.15, -0.1) is 0 Å². The van der Waals surface area contributed by atoms with Gasteiger partial charge in [0.15, 0.2) is 23.3 Å². The van der Waals surface area contributed by atoms with E-state index in [9.17, 15) is 5.26 Å². The summed E-state index contributed by atoms with van der Waals surface area (Å²) in [6, 6.07) is 40.4. The van der Waals surface area contributed by atoms with Crippen LogP contribution < -0.4 is 0 Å². The Morgan fingerprint density at radius 2 is 0.667 bits per heavy atom. The Bertz CT molecular complexity index is 3470. The molecule has 0 aliphatic carbocycles. The van der Waals surface area contributed by atoms with Crippen molar-refractivity contribution in [2.45, 2.75) is 0 Å². The summed E-state index contributed by atoms with van der Waals surface area (Å²) in [4.78, 5) is 36.5. The fraction of sp³-hybridized carbons (Fsp3) is 0. The van der Waals surface area contributed by atoms with Crippen LogP contribution in [0.15, 0.2) is 177 Å². The van der Waals surface area contributed by atoms with Crippen LogP contribution in [0.5, 0.6) is 0 Å². The van der Waals surface area contributed by atoms with Gasteiger partial charge in [-0.2, -0.15) is 5.26 Å². The Kier molecular flexibility index (Phi) is 8.95. The van der Waals surface area contributed by atoms with E-state index in [1.165, 1.54) is 12.1 Å². The lowest BCUT2D eigenvalue weighted by Gasteiger charge is -2.21. The predicted octanol–water partition coefficient (Wildman–Crippen LogP) is 11.5. The molecule has 66 heavy (non-hydrogen) atoms. The second kappa shape index (κ2) is 15.4. The summed E-state index contributed by atoms with van der Waals surface area (Å²) in [5, 5.41) is 14.5. The van der Waals surface area contributed by atoms with Gasteiger partial charge in [0, 0.05) is 105 Å². The monoisotopic (exact) mass is 857 g/mol. The van der Waals surface area contributed by atoms with E-state index in [1.54, 1.807) is 86.0 Å². The first-order chi connectivity index (χ1) is 32.5. The van der Waals surface area contributed by atoms with Gasteiger partial charge < -0.3 is 9.13 Å². The zero-order valence-corrected chi connectivity index (χ0v) is 34.4. The topological polar surface area (TPSA) is 137 Å². The van der Waals surface area contributed by atoms with Gasteiger partial charge in [-0.3, -0.25) is 0 Å². The lowest BCUT2D eigenvalue weighted by atomic mass is 9.97. The molecule has 12 aromatic rings. The molecule has 0 amide bonds. The summed E-state index contributed by atoms with van der Waals surface area (Å²) in [5.74, 6) is 0.500. The molecule has 6 aromatic carbocycles. The molecule has 0 unspecified atom stereocenters. The van der Waals surface area contributed by atoms with Crippen LogP contribution in [0.1, 0.15) is 5.56 Å². The Morgan fingerprint density at radius 1 is 0.364 bits per heavy atom. The molecule has 310 valence electrons. The second-order valence-corrected chi connectivity index (χ2v) is 15.5. The number of hydrogen-bond acceptors (Lipinski definition) is 9. The average molecular weight is 858 g/mol. The molecule has 0 atom stereocenters. The Hall–Kier alpha value is -9.41. The van der Waals surface area contributed by atoms with Gasteiger partial charge in [0.1, 0.15) is 11.6 Å². The third-order valence-corrected chi connectivity index (χ3v) is 11.7. The van der Waals surface area contributed by atoms with E-state index in [1.807, 2.05) is 81.9 Å². The Labute approximate surface area is 373 Å². The van der Waals surface area contributed by atoms with Crippen molar-refractivity contribution in [2.75, 3.05) is 0 Å². The van der Waals surface area contributed by atoms with Gasteiger partial charge in [0.25, 0.3) is 0 Å². The molecule has 13 heteroatoms. The molecular formula is C53H29F2N11. The minimum absolute atomic E-state index is 0.238. The van der Waals surface area contributed by atoms with Gasteiger partial charge in [-0.1, -0.05) is 48.5 Å². The standard InChI is InChI=1S/C53H29F2N11/c54-37-23-36(24-38(55)29-37)49-47(65-43-25-32(50-57-13-1-14-58-50)5-9-39(43)40-10-6-33(26-44(40)65)51-59-15-2-16-60-51)21-31(30-56)22-48(49)66-45-27-34(52-61-17-3-18-62-52)7-11-41(45)42-12-8-35(28-46(42)66)53-63-19-4-20-64-53/h1-29H. The van der Waals surface area contributed by atoms with Crippen LogP contribution in [-0.2, 0) is 0 Å². The van der Waals surface area contributed by atoms with Crippen LogP contribution >= 0.6 is 0 Å². The highest BCUT2D eigenvalue weighted by atomic mass is 19.1. The van der Waals surface area contributed by atoms with Crippen molar-refractivity contribution in [3.05, 3.63) is 194 Å². The first-order valence-corrected chi connectivity index (χ1v) is 20.8. The summed E-state index contributed by atoms with van der Waals surface area (Å²) in [5.41, 5.74) is 7.80. The van der Waals surface area contributed by atoms with Crippen molar-refractivity contribution >= 4 is 43.6 Å². The van der Waals surface area contributed by atoms with Gasteiger partial charge in [-0.25, -0.2) is 48.7 Å². The number of hydrogen-bond donors (Lipinski definition) is 0. The third-order valence-electron chi connectivity index (χ3n) is 11.7. The van der Waals surface area contributed by atoms with E-state index in [4.69, 9.17) is 0 Å². The highest BCUT2D eigenvalue weighted by Crippen LogP contribution is 2.45. The SMILES string of the molecule is N#Cc1cc(-n2c3cc(-c4ncccn4)ccc3c3ccc(-c4ncccn4)cc32)c(-c2cc(F)cc(F)c2)c(-n2c3cc(-c4ncccn4)ccc3c3ccc(-c4ncccn4)cc32)c1. The van der Waals surface area contributed by atoms with Crippen molar-refractivity contribution in [1.82, 2.24) is 49.0 Å². The van der Waals surface area contributed by atoms with Crippen molar-refractivity contribution in [1.29, 1.82) is 5.26 Å². The van der Waals surface area contributed by atoms with Gasteiger partial charge in [0.05, 0.1) is 45.1 Å². The van der Waals surface area contributed by atoms with Gasteiger partial charge in [-0.05, 0) is 78.4 Å². The molecule has 0 radical (unpaired) electrons. The third kappa shape index (κ3) is 6.39. The number of aromatic nitrogens is 10. The maximum absolute atomic E-state index is 15.8. The second-order valence-electron chi connectivity index (χ2n) is 15.5. The molecule has 0 aliphatic rings. The maximum atomic E-state index is 15.8. The molecule has 0 N–H and O–H groups in total. The summed E-state index contributed by atoms with van der Waals surface area (Å²) >= 11 is 0. The molecule has 0 saturated carbocycles. The molecule has 0 fully saturated rings. The van der Waals surface area contributed by atoms with Crippen LogP contribution in [0.2, 0.25) is 0 Å². The van der Waals surface area contributed by atoms with Crippen LogP contribution in [0.4, 0.5) is 8.78 Å². The molecule has 12 rings (SSSR count). The van der Waals surface area contributed by atoms with Crippen molar-refractivity contribution < 1.29 is 8.78 Å². The zero-order valence-electron chi connectivity index (χ0n) is 34.4. The summed E-state index contributed by atoms with van der Waals surface area (Å²) in [7, 11) is 0. The number of halogens is 2. The van der Waals surface area contributed by atoms with Crippen LogP contribution in [0.25, 0.3) is 112 Å². The number of fused-ring (bicyclic) bond motifs is 6. The van der Waals surface area contributed by atoms with E-state index in [2.05, 4.69) is 45.9 Å². The molecule has 6 heterocycles. The highest BCUT2D eigenvalue weighted by molar-refractivity contribution is 6.13. The maximum Gasteiger partial charge on any atom is 0.159 e. The molecule has 0 spiro atoms. The quantitative estimate of drug-likeness (QED) is 0.153. The Morgan fingerprint density at radius 3 is 0.955 bits per heavy atom. The van der Waals surface area contributed by atoms with Gasteiger partial charge >= 0.3 is 0 Å². The summed E-state index contributed by atoms with van der Waals surface area (Å²) in [6.07, 6.45) is 13.5. The molecule has 6 aromatic heterocycles. The van der Waals surface area contributed by atoms with Crippen LogP contribution in [0.3, 0.4) is 0 Å². The normalized spacial score (nSPS) is 11.5. The molecule has 0 saturated heterocycles. The van der Waals surface area contributed by atoms with Crippen LogP contribution in [0, 0.1) is 23.0 Å². The summed E-state index contributed by atoms with van der Waals surface area (Å²) in [6.45, 7) is 0. The van der Waals surface area contributed by atoms with E-state index in [-0.39, 0.29) is 5.56 Å². The van der Waals surface area contributed by atoms with Crippen LogP contribution in [-0.4, -0.2) is 49.0 Å². The highest BCUT2D eigenvalue weighted by Gasteiger charge is 2.26. The number of nitriles is 1. The number of benzene rings is 6. The predicted molar refractivity (Wildman–Crippen MR) is 249 cm³/mol. The first-order valence-electron chi connectivity index (χ1n) is 20.8. The average Bonchev–Trinajstić information content (AvgIpc) is 3.87. The fourth-order valence-corrected chi connectivity index (χ4v) is 8.93. The number of rotatable bonds is 7. The van der Waals surface area contributed by atoms with Crippen molar-refractivity contribution in [2.24, 2.45) is 0 Å². The summed E-state index contributed by atoms with van der Waals surface area (Å²) < 4.78 is 35.7. The largest absolute Gasteiger partial charge is 0.308 e. The van der Waals surface area contributed by atoms with E-state index < -0.39 is 11.6 Å². The van der Waals surface area contributed by atoms with E-state index in [0.717, 1.165) is 71.9 Å².